The third kappa shape index (κ3) is 3.35. The van der Waals surface area contributed by atoms with Gasteiger partial charge in [0, 0.05) is 12.1 Å². The first kappa shape index (κ1) is 12.2. The van der Waals surface area contributed by atoms with Crippen molar-refractivity contribution >= 4 is 5.69 Å². The van der Waals surface area contributed by atoms with Gasteiger partial charge in [0.05, 0.1) is 18.5 Å². The van der Waals surface area contributed by atoms with Crippen LogP contribution < -0.4 is 10.1 Å². The minimum absolute atomic E-state index is 0.482. The van der Waals surface area contributed by atoms with Gasteiger partial charge in [-0.3, -0.25) is 0 Å². The maximum absolute atomic E-state index is 5.33. The van der Waals surface area contributed by atoms with Crippen LogP contribution in [0.15, 0.2) is 18.3 Å². The van der Waals surface area contributed by atoms with Gasteiger partial charge in [-0.1, -0.05) is 13.8 Å². The highest BCUT2D eigenvalue weighted by Gasteiger charge is 2.30. The molecule has 1 heterocycles. The van der Waals surface area contributed by atoms with E-state index in [1.807, 2.05) is 25.3 Å². The maximum Gasteiger partial charge on any atom is 0.213 e. The van der Waals surface area contributed by atoms with E-state index >= 15 is 0 Å². The van der Waals surface area contributed by atoms with Gasteiger partial charge in [0.1, 0.15) is 0 Å². The van der Waals surface area contributed by atoms with Crippen LogP contribution in [0.4, 0.5) is 5.69 Å². The first-order chi connectivity index (χ1) is 8.09. The molecule has 0 aliphatic heterocycles. The number of ether oxygens (including phenoxy) is 1. The van der Waals surface area contributed by atoms with Crippen molar-refractivity contribution in [3.63, 3.8) is 0 Å². The summed E-state index contributed by atoms with van der Waals surface area (Å²) >= 11 is 0. The Morgan fingerprint density at radius 1 is 1.47 bits per heavy atom. The lowest BCUT2D eigenvalue weighted by molar-refractivity contribution is 0.327. The van der Waals surface area contributed by atoms with Crippen molar-refractivity contribution in [1.82, 2.24) is 4.98 Å². The van der Waals surface area contributed by atoms with Crippen LogP contribution in [0.2, 0.25) is 0 Å². The molecule has 0 bridgehead atoms. The molecule has 1 unspecified atom stereocenters. The summed E-state index contributed by atoms with van der Waals surface area (Å²) in [5, 5.41) is 3.55. The van der Waals surface area contributed by atoms with Crippen LogP contribution in [0.1, 0.15) is 40.0 Å². The largest absolute Gasteiger partial charge is 0.478 e. The van der Waals surface area contributed by atoms with E-state index in [0.717, 1.165) is 5.69 Å². The number of nitrogens with zero attached hydrogens (tertiary/aromatic N) is 1. The van der Waals surface area contributed by atoms with Crippen LogP contribution in [-0.2, 0) is 0 Å². The second-order valence-electron chi connectivity index (χ2n) is 5.57. The van der Waals surface area contributed by atoms with Crippen molar-refractivity contribution in [3.8, 4) is 5.88 Å². The molecule has 3 heteroatoms. The number of pyridine rings is 1. The van der Waals surface area contributed by atoms with Crippen LogP contribution in [0.5, 0.6) is 5.88 Å². The summed E-state index contributed by atoms with van der Waals surface area (Å²) in [6.45, 7) is 7.31. The number of aromatic nitrogens is 1. The quantitative estimate of drug-likeness (QED) is 0.866. The minimum Gasteiger partial charge on any atom is -0.478 e. The van der Waals surface area contributed by atoms with Crippen molar-refractivity contribution in [2.75, 3.05) is 11.9 Å². The van der Waals surface area contributed by atoms with Crippen molar-refractivity contribution < 1.29 is 4.74 Å². The molecule has 0 amide bonds. The average Bonchev–Trinajstić information content (AvgIpc) is 2.61. The van der Waals surface area contributed by atoms with E-state index < -0.39 is 0 Å². The Morgan fingerprint density at radius 2 is 2.29 bits per heavy atom. The van der Waals surface area contributed by atoms with Gasteiger partial charge in [-0.05, 0) is 37.7 Å². The zero-order chi connectivity index (χ0) is 12.3. The van der Waals surface area contributed by atoms with Gasteiger partial charge in [0.25, 0.3) is 0 Å². The summed E-state index contributed by atoms with van der Waals surface area (Å²) in [5.41, 5.74) is 1.58. The zero-order valence-corrected chi connectivity index (χ0v) is 11.0. The number of hydrogen-bond donors (Lipinski definition) is 1. The number of rotatable bonds is 4. The molecule has 1 aliphatic rings. The van der Waals surface area contributed by atoms with E-state index in [1.165, 1.54) is 19.3 Å². The van der Waals surface area contributed by atoms with Crippen molar-refractivity contribution in [3.05, 3.63) is 18.3 Å². The molecule has 94 valence electrons. The third-order valence-corrected chi connectivity index (χ3v) is 3.37. The summed E-state index contributed by atoms with van der Waals surface area (Å²) < 4.78 is 5.33. The topological polar surface area (TPSA) is 34.1 Å². The molecule has 0 saturated heterocycles. The standard InChI is InChI=1S/C14H22N2O/c1-4-17-13-6-5-12(10-15-13)16-11-7-8-14(2,3)9-11/h5-6,10-11,16H,4,7-9H2,1-3H3. The highest BCUT2D eigenvalue weighted by Crippen LogP contribution is 2.38. The Morgan fingerprint density at radius 3 is 2.82 bits per heavy atom. The van der Waals surface area contributed by atoms with Gasteiger partial charge in [0.2, 0.25) is 5.88 Å². The summed E-state index contributed by atoms with van der Waals surface area (Å²) in [6.07, 6.45) is 5.64. The predicted molar refractivity (Wildman–Crippen MR) is 70.4 cm³/mol. The fourth-order valence-corrected chi connectivity index (χ4v) is 2.49. The van der Waals surface area contributed by atoms with Crippen molar-refractivity contribution in [2.24, 2.45) is 5.41 Å². The predicted octanol–water partition coefficient (Wildman–Crippen LogP) is 3.47. The van der Waals surface area contributed by atoms with E-state index in [0.29, 0.717) is 23.9 Å². The molecule has 1 aromatic heterocycles. The molecule has 0 aromatic carbocycles. The minimum atomic E-state index is 0.482. The van der Waals surface area contributed by atoms with E-state index in [1.54, 1.807) is 0 Å². The second-order valence-corrected chi connectivity index (χ2v) is 5.57. The van der Waals surface area contributed by atoms with Crippen LogP contribution in [0.25, 0.3) is 0 Å². The van der Waals surface area contributed by atoms with Gasteiger partial charge in [-0.25, -0.2) is 4.98 Å². The SMILES string of the molecule is CCOc1ccc(NC2CCC(C)(C)C2)cn1. The third-order valence-electron chi connectivity index (χ3n) is 3.37. The lowest BCUT2D eigenvalue weighted by Crippen LogP contribution is -2.17. The monoisotopic (exact) mass is 234 g/mol. The molecular formula is C14H22N2O. The van der Waals surface area contributed by atoms with E-state index in [2.05, 4.69) is 24.1 Å². The fraction of sp³-hybridized carbons (Fsp3) is 0.643. The Labute approximate surface area is 104 Å². The molecule has 1 aliphatic carbocycles. The van der Waals surface area contributed by atoms with Gasteiger partial charge in [0.15, 0.2) is 0 Å². The average molecular weight is 234 g/mol. The molecule has 1 saturated carbocycles. The molecule has 1 aromatic rings. The number of hydrogen-bond acceptors (Lipinski definition) is 3. The molecule has 17 heavy (non-hydrogen) atoms. The lowest BCUT2D eigenvalue weighted by Gasteiger charge is -2.18. The molecule has 0 spiro atoms. The number of anilines is 1. The Hall–Kier alpha value is -1.25. The lowest BCUT2D eigenvalue weighted by atomic mass is 9.92. The normalized spacial score (nSPS) is 22.4. The van der Waals surface area contributed by atoms with Gasteiger partial charge in [-0.15, -0.1) is 0 Å². The maximum atomic E-state index is 5.33. The van der Waals surface area contributed by atoms with Crippen LogP contribution in [0.3, 0.4) is 0 Å². The summed E-state index contributed by atoms with van der Waals surface area (Å²) in [6, 6.07) is 4.56. The van der Waals surface area contributed by atoms with Gasteiger partial charge < -0.3 is 10.1 Å². The molecule has 2 rings (SSSR count). The molecule has 1 N–H and O–H groups in total. The van der Waals surface area contributed by atoms with Gasteiger partial charge in [-0.2, -0.15) is 0 Å². The highest BCUT2D eigenvalue weighted by atomic mass is 16.5. The van der Waals surface area contributed by atoms with Crippen molar-refractivity contribution in [2.45, 2.75) is 46.1 Å². The molecular weight excluding hydrogens is 212 g/mol. The van der Waals surface area contributed by atoms with E-state index in [9.17, 15) is 0 Å². The fourth-order valence-electron chi connectivity index (χ4n) is 2.49. The first-order valence-electron chi connectivity index (χ1n) is 6.44. The number of nitrogens with one attached hydrogen (secondary N) is 1. The van der Waals surface area contributed by atoms with Crippen LogP contribution in [-0.4, -0.2) is 17.6 Å². The van der Waals surface area contributed by atoms with Crippen molar-refractivity contribution in [1.29, 1.82) is 0 Å². The van der Waals surface area contributed by atoms with Gasteiger partial charge >= 0.3 is 0 Å². The smallest absolute Gasteiger partial charge is 0.213 e. The summed E-state index contributed by atoms with van der Waals surface area (Å²) in [5.74, 6) is 0.699. The molecule has 1 atom stereocenters. The van der Waals surface area contributed by atoms with Crippen LogP contribution in [0, 0.1) is 5.41 Å². The molecule has 1 fully saturated rings. The first-order valence-corrected chi connectivity index (χ1v) is 6.44. The summed E-state index contributed by atoms with van der Waals surface area (Å²) in [7, 11) is 0. The molecule has 0 radical (unpaired) electrons. The van der Waals surface area contributed by atoms with E-state index in [4.69, 9.17) is 4.74 Å². The zero-order valence-electron chi connectivity index (χ0n) is 11.0. The molecule has 3 nitrogen and oxygen atoms in total. The highest BCUT2D eigenvalue weighted by molar-refractivity contribution is 5.43. The Balaban J connectivity index is 1.91. The Kier molecular flexibility index (Phi) is 3.55. The van der Waals surface area contributed by atoms with Crippen LogP contribution >= 0.6 is 0 Å². The Bertz CT molecular complexity index is 359. The summed E-state index contributed by atoms with van der Waals surface area (Å²) in [4.78, 5) is 4.26. The second kappa shape index (κ2) is 4.94. The van der Waals surface area contributed by atoms with E-state index in [-0.39, 0.29) is 0 Å².